The summed E-state index contributed by atoms with van der Waals surface area (Å²) in [6.07, 6.45) is 0. The van der Waals surface area contributed by atoms with E-state index < -0.39 is 0 Å². The smallest absolute Gasteiger partial charge is 0.341 e. The van der Waals surface area contributed by atoms with Gasteiger partial charge in [-0.25, -0.2) is 0 Å². The third-order valence-electron chi connectivity index (χ3n) is 2.36. The zero-order valence-electron chi connectivity index (χ0n) is 9.25. The van der Waals surface area contributed by atoms with Crippen LogP contribution in [0.2, 0.25) is 0 Å². The van der Waals surface area contributed by atoms with Crippen molar-refractivity contribution >= 4 is 27.0 Å². The first-order valence-corrected chi connectivity index (χ1v) is 6.13. The minimum absolute atomic E-state index is 0.246. The highest BCUT2D eigenvalue weighted by molar-refractivity contribution is 9.10. The second-order valence-corrected chi connectivity index (χ2v) is 4.55. The van der Waals surface area contributed by atoms with Crippen molar-refractivity contribution in [2.75, 3.05) is 0 Å². The molecule has 0 aliphatic heterocycles. The van der Waals surface area contributed by atoms with E-state index in [2.05, 4.69) is 31.1 Å². The molecule has 1 aromatic heterocycles. The van der Waals surface area contributed by atoms with Crippen LogP contribution in [0.5, 0.6) is 11.8 Å². The number of fused-ring (bicyclic) bond motifs is 1. The maximum atomic E-state index is 5.54. The number of hydrogen-bond donors (Lipinski definition) is 0. The van der Waals surface area contributed by atoms with Gasteiger partial charge >= 0.3 is 6.01 Å². The van der Waals surface area contributed by atoms with Crippen LogP contribution in [0.4, 0.5) is 0 Å². The number of rotatable bonds is 2. The van der Waals surface area contributed by atoms with E-state index in [9.17, 15) is 0 Å². The summed E-state index contributed by atoms with van der Waals surface area (Å²) >= 11 is 3.36. The first-order valence-electron chi connectivity index (χ1n) is 5.34. The molecule has 0 amide bonds. The first kappa shape index (κ1) is 11.1. The number of ether oxygens (including phenoxy) is 1. The Morgan fingerprint density at radius 2 is 1.56 bits per heavy atom. The Kier molecular flexibility index (Phi) is 2.90. The monoisotopic (exact) mass is 301 g/mol. The fourth-order valence-corrected chi connectivity index (χ4v) is 1.78. The standard InChI is InChI=1S/C13H8BrN3O/c14-9-5-7-10(8-6-9)18-13-15-11-3-1-2-4-12(11)16-17-13/h1-8H. The van der Waals surface area contributed by atoms with Gasteiger partial charge in [0.1, 0.15) is 11.3 Å². The first-order chi connectivity index (χ1) is 8.81. The average Bonchev–Trinajstić information content (AvgIpc) is 2.41. The quantitative estimate of drug-likeness (QED) is 0.726. The van der Waals surface area contributed by atoms with Gasteiger partial charge in [0.25, 0.3) is 0 Å². The molecule has 0 fully saturated rings. The van der Waals surface area contributed by atoms with E-state index in [1.54, 1.807) is 0 Å². The molecule has 0 saturated heterocycles. The molecule has 5 heteroatoms. The summed E-state index contributed by atoms with van der Waals surface area (Å²) in [5.41, 5.74) is 1.51. The lowest BCUT2D eigenvalue weighted by atomic mass is 10.3. The Labute approximate surface area is 112 Å². The summed E-state index contributed by atoms with van der Waals surface area (Å²) in [7, 11) is 0. The molecule has 0 unspecified atom stereocenters. The SMILES string of the molecule is Brc1ccc(Oc2nnc3ccccc3n2)cc1. The number of nitrogens with zero attached hydrogens (tertiary/aromatic N) is 3. The van der Waals surface area contributed by atoms with Crippen molar-refractivity contribution < 1.29 is 4.74 Å². The molecule has 88 valence electrons. The minimum atomic E-state index is 0.246. The Hall–Kier alpha value is -2.01. The van der Waals surface area contributed by atoms with Crippen LogP contribution in [-0.2, 0) is 0 Å². The van der Waals surface area contributed by atoms with Crippen molar-refractivity contribution in [1.29, 1.82) is 0 Å². The second kappa shape index (κ2) is 4.70. The van der Waals surface area contributed by atoms with Gasteiger partial charge in [0, 0.05) is 4.47 Å². The van der Waals surface area contributed by atoms with Gasteiger partial charge in [-0.15, -0.1) is 5.10 Å². The predicted octanol–water partition coefficient (Wildman–Crippen LogP) is 3.58. The van der Waals surface area contributed by atoms with Crippen molar-refractivity contribution in [2.45, 2.75) is 0 Å². The molecule has 0 saturated carbocycles. The van der Waals surface area contributed by atoms with E-state index in [0.29, 0.717) is 5.75 Å². The minimum Gasteiger partial charge on any atom is -0.423 e. The third-order valence-corrected chi connectivity index (χ3v) is 2.89. The van der Waals surface area contributed by atoms with E-state index >= 15 is 0 Å². The third kappa shape index (κ3) is 2.31. The zero-order chi connectivity index (χ0) is 12.4. The molecule has 0 aliphatic carbocycles. The lowest BCUT2D eigenvalue weighted by Gasteiger charge is -2.03. The summed E-state index contributed by atoms with van der Waals surface area (Å²) in [6, 6.07) is 15.2. The number of hydrogen-bond acceptors (Lipinski definition) is 4. The maximum absolute atomic E-state index is 5.54. The van der Waals surface area contributed by atoms with Gasteiger partial charge in [-0.3, -0.25) is 0 Å². The van der Waals surface area contributed by atoms with Gasteiger partial charge in [-0.2, -0.15) is 4.98 Å². The molecule has 3 aromatic rings. The fraction of sp³-hybridized carbons (Fsp3) is 0. The molecule has 18 heavy (non-hydrogen) atoms. The predicted molar refractivity (Wildman–Crippen MR) is 71.5 cm³/mol. The van der Waals surface area contributed by atoms with Crippen LogP contribution in [0.15, 0.2) is 53.0 Å². The van der Waals surface area contributed by atoms with Gasteiger partial charge in [0.15, 0.2) is 0 Å². The van der Waals surface area contributed by atoms with E-state index in [1.807, 2.05) is 48.5 Å². The number of para-hydroxylation sites is 1. The summed E-state index contributed by atoms with van der Waals surface area (Å²) in [5.74, 6) is 0.676. The van der Waals surface area contributed by atoms with Gasteiger partial charge < -0.3 is 4.74 Å². The summed E-state index contributed by atoms with van der Waals surface area (Å²) in [6.45, 7) is 0. The van der Waals surface area contributed by atoms with Crippen molar-refractivity contribution in [3.05, 3.63) is 53.0 Å². The molecule has 4 nitrogen and oxygen atoms in total. The Bertz CT molecular complexity index is 685. The number of aromatic nitrogens is 3. The fourth-order valence-electron chi connectivity index (χ4n) is 1.52. The van der Waals surface area contributed by atoms with Crippen molar-refractivity contribution in [1.82, 2.24) is 15.2 Å². The van der Waals surface area contributed by atoms with Gasteiger partial charge in [0.05, 0.1) is 5.52 Å². The molecule has 0 aliphatic rings. The molecule has 0 bridgehead atoms. The molecule has 0 spiro atoms. The topological polar surface area (TPSA) is 47.9 Å². The highest BCUT2D eigenvalue weighted by atomic mass is 79.9. The lowest BCUT2D eigenvalue weighted by molar-refractivity contribution is 0.437. The highest BCUT2D eigenvalue weighted by Crippen LogP contribution is 2.21. The largest absolute Gasteiger partial charge is 0.423 e. The lowest BCUT2D eigenvalue weighted by Crippen LogP contribution is -1.95. The van der Waals surface area contributed by atoms with Crippen LogP contribution in [0.1, 0.15) is 0 Å². The summed E-state index contributed by atoms with van der Waals surface area (Å²) in [4.78, 5) is 4.29. The van der Waals surface area contributed by atoms with Crippen LogP contribution in [0.25, 0.3) is 11.0 Å². The van der Waals surface area contributed by atoms with E-state index in [1.165, 1.54) is 0 Å². The molecule has 2 aromatic carbocycles. The second-order valence-electron chi connectivity index (χ2n) is 3.64. The van der Waals surface area contributed by atoms with Gasteiger partial charge in [-0.05, 0) is 36.4 Å². The number of halogens is 1. The molecule has 0 N–H and O–H groups in total. The summed E-state index contributed by atoms with van der Waals surface area (Å²) < 4.78 is 6.53. The Morgan fingerprint density at radius 3 is 2.33 bits per heavy atom. The van der Waals surface area contributed by atoms with Crippen LogP contribution < -0.4 is 4.74 Å². The average molecular weight is 302 g/mol. The van der Waals surface area contributed by atoms with Gasteiger partial charge in [-0.1, -0.05) is 33.2 Å². The summed E-state index contributed by atoms with van der Waals surface area (Å²) in [5, 5.41) is 7.98. The zero-order valence-corrected chi connectivity index (χ0v) is 10.8. The van der Waals surface area contributed by atoms with Gasteiger partial charge in [0.2, 0.25) is 0 Å². The van der Waals surface area contributed by atoms with Crippen LogP contribution in [0.3, 0.4) is 0 Å². The molecular formula is C13H8BrN3O. The van der Waals surface area contributed by atoms with E-state index in [-0.39, 0.29) is 6.01 Å². The van der Waals surface area contributed by atoms with Crippen LogP contribution in [-0.4, -0.2) is 15.2 Å². The Morgan fingerprint density at radius 1 is 0.833 bits per heavy atom. The van der Waals surface area contributed by atoms with E-state index in [4.69, 9.17) is 4.74 Å². The molecular weight excluding hydrogens is 294 g/mol. The number of benzene rings is 2. The molecule has 1 heterocycles. The molecule has 0 radical (unpaired) electrons. The molecule has 3 rings (SSSR count). The highest BCUT2D eigenvalue weighted by Gasteiger charge is 2.03. The van der Waals surface area contributed by atoms with Crippen LogP contribution in [0, 0.1) is 0 Å². The molecule has 0 atom stereocenters. The van der Waals surface area contributed by atoms with Crippen molar-refractivity contribution in [3.63, 3.8) is 0 Å². The van der Waals surface area contributed by atoms with Crippen LogP contribution >= 0.6 is 15.9 Å². The Balaban J connectivity index is 1.92. The van der Waals surface area contributed by atoms with Crippen molar-refractivity contribution in [3.8, 4) is 11.8 Å². The van der Waals surface area contributed by atoms with Crippen molar-refractivity contribution in [2.24, 2.45) is 0 Å². The normalized spacial score (nSPS) is 10.5. The van der Waals surface area contributed by atoms with E-state index in [0.717, 1.165) is 15.5 Å². The maximum Gasteiger partial charge on any atom is 0.341 e.